The highest BCUT2D eigenvalue weighted by atomic mass is 79.9. The van der Waals surface area contributed by atoms with Crippen molar-refractivity contribution in [3.05, 3.63) is 45.7 Å². The lowest BCUT2D eigenvalue weighted by Crippen LogP contribution is -2.33. The monoisotopic (exact) mass is 392 g/mol. The first-order chi connectivity index (χ1) is 11.5. The highest BCUT2D eigenvalue weighted by Gasteiger charge is 2.30. The Balaban J connectivity index is 1.75. The minimum absolute atomic E-state index is 0.00765. The van der Waals surface area contributed by atoms with Gasteiger partial charge < -0.3 is 10.0 Å². The Morgan fingerprint density at radius 3 is 2.88 bits per heavy atom. The largest absolute Gasteiger partial charge is 0.476 e. The van der Waals surface area contributed by atoms with Gasteiger partial charge in [-0.3, -0.25) is 4.79 Å². The lowest BCUT2D eigenvalue weighted by molar-refractivity contribution is -0.133. The molecule has 1 fully saturated rings. The van der Waals surface area contributed by atoms with Gasteiger partial charge in [0.1, 0.15) is 6.54 Å². The molecule has 3 rings (SSSR count). The summed E-state index contributed by atoms with van der Waals surface area (Å²) in [5, 5.41) is 16.1. The molecule has 24 heavy (non-hydrogen) atoms. The zero-order chi connectivity index (χ0) is 17.3. The predicted octanol–water partition coefficient (Wildman–Crippen LogP) is 2.41. The first kappa shape index (κ1) is 16.6. The van der Waals surface area contributed by atoms with Crippen LogP contribution in [0.5, 0.6) is 0 Å². The molecule has 1 amide bonds. The second kappa shape index (κ2) is 6.72. The van der Waals surface area contributed by atoms with E-state index in [1.54, 1.807) is 0 Å². The molecule has 7 nitrogen and oxygen atoms in total. The molecule has 2 heterocycles. The molecule has 1 saturated heterocycles. The van der Waals surface area contributed by atoms with Crippen molar-refractivity contribution in [1.82, 2.24) is 19.9 Å². The number of nitrogens with zero attached hydrogens (tertiary/aromatic N) is 4. The van der Waals surface area contributed by atoms with Gasteiger partial charge in [0.05, 0.1) is 12.2 Å². The van der Waals surface area contributed by atoms with Crippen LogP contribution in [-0.4, -0.2) is 43.4 Å². The second-order valence-corrected chi connectivity index (χ2v) is 6.71. The fourth-order valence-electron chi connectivity index (χ4n) is 2.99. The fraction of sp³-hybridized carbons (Fsp3) is 0.375. The molecule has 1 aliphatic heterocycles. The molecule has 1 N–H and O–H groups in total. The molecule has 0 spiro atoms. The predicted molar refractivity (Wildman–Crippen MR) is 89.5 cm³/mol. The third kappa shape index (κ3) is 3.33. The lowest BCUT2D eigenvalue weighted by Gasteiger charge is -2.25. The van der Waals surface area contributed by atoms with Crippen LogP contribution >= 0.6 is 15.9 Å². The van der Waals surface area contributed by atoms with E-state index in [1.807, 2.05) is 24.0 Å². The van der Waals surface area contributed by atoms with Gasteiger partial charge in [-0.2, -0.15) is 0 Å². The van der Waals surface area contributed by atoms with Crippen molar-refractivity contribution < 1.29 is 14.7 Å². The van der Waals surface area contributed by atoms with Crippen LogP contribution in [0.1, 0.15) is 40.5 Å². The van der Waals surface area contributed by atoms with E-state index in [1.165, 1.54) is 10.9 Å². The van der Waals surface area contributed by atoms with Crippen LogP contribution in [0.3, 0.4) is 0 Å². The van der Waals surface area contributed by atoms with Crippen molar-refractivity contribution in [1.29, 1.82) is 0 Å². The molecule has 0 radical (unpaired) electrons. The molecule has 1 aromatic heterocycles. The lowest BCUT2D eigenvalue weighted by atomic mass is 10.0. The highest BCUT2D eigenvalue weighted by Crippen LogP contribution is 2.33. The molecule has 8 heteroatoms. The summed E-state index contributed by atoms with van der Waals surface area (Å²) in [7, 11) is 0. The Bertz CT molecular complexity index is 789. The molecule has 126 valence electrons. The summed E-state index contributed by atoms with van der Waals surface area (Å²) >= 11 is 3.49. The summed E-state index contributed by atoms with van der Waals surface area (Å²) in [6.45, 7) is 2.71. The number of carbonyl (C=O) groups is 2. The van der Waals surface area contributed by atoms with E-state index < -0.39 is 5.97 Å². The number of carboxylic acid groups (broad SMARTS) is 1. The minimum Gasteiger partial charge on any atom is -0.476 e. The number of halogens is 1. The summed E-state index contributed by atoms with van der Waals surface area (Å²) in [6.07, 6.45) is 3.14. The van der Waals surface area contributed by atoms with E-state index in [0.29, 0.717) is 6.54 Å². The van der Waals surface area contributed by atoms with Crippen LogP contribution in [0.4, 0.5) is 0 Å². The standard InChI is InChI=1S/C16H17BrN4O3/c1-10-7-11(4-5-12(10)17)14-3-2-6-21(14)15(22)9-20-8-13(16(23)24)18-19-20/h4-5,7-8,14H,2-3,6,9H2,1H3,(H,23,24). The number of hydrogen-bond donors (Lipinski definition) is 1. The van der Waals surface area contributed by atoms with E-state index in [0.717, 1.165) is 28.4 Å². The van der Waals surface area contributed by atoms with Crippen LogP contribution < -0.4 is 0 Å². The van der Waals surface area contributed by atoms with Crippen LogP contribution in [0.25, 0.3) is 0 Å². The molecule has 1 unspecified atom stereocenters. The van der Waals surface area contributed by atoms with Gasteiger partial charge in [0, 0.05) is 11.0 Å². The Hall–Kier alpha value is -2.22. The van der Waals surface area contributed by atoms with Crippen molar-refractivity contribution in [2.24, 2.45) is 0 Å². The third-order valence-electron chi connectivity index (χ3n) is 4.19. The van der Waals surface area contributed by atoms with Crippen LogP contribution in [0.15, 0.2) is 28.9 Å². The minimum atomic E-state index is -1.15. The molecule has 2 aromatic rings. The summed E-state index contributed by atoms with van der Waals surface area (Å²) < 4.78 is 2.32. The normalized spacial score (nSPS) is 17.2. The molecule has 1 aliphatic rings. The Labute approximate surface area is 147 Å². The average molecular weight is 393 g/mol. The van der Waals surface area contributed by atoms with Gasteiger partial charge in [-0.05, 0) is 37.0 Å². The number of rotatable bonds is 4. The van der Waals surface area contributed by atoms with E-state index in [4.69, 9.17) is 5.11 Å². The number of aromatic carboxylic acids is 1. The van der Waals surface area contributed by atoms with Gasteiger partial charge in [-0.1, -0.05) is 33.3 Å². The van der Waals surface area contributed by atoms with Gasteiger partial charge in [0.25, 0.3) is 0 Å². The van der Waals surface area contributed by atoms with Crippen molar-refractivity contribution in [3.8, 4) is 0 Å². The summed E-state index contributed by atoms with van der Waals surface area (Å²) in [4.78, 5) is 25.3. The molecule has 0 saturated carbocycles. The third-order valence-corrected chi connectivity index (χ3v) is 5.08. The number of aromatic nitrogens is 3. The van der Waals surface area contributed by atoms with Crippen LogP contribution in [0, 0.1) is 6.92 Å². The number of carbonyl (C=O) groups excluding carboxylic acids is 1. The van der Waals surface area contributed by atoms with Gasteiger partial charge >= 0.3 is 5.97 Å². The van der Waals surface area contributed by atoms with E-state index >= 15 is 0 Å². The molecular formula is C16H17BrN4O3. The number of benzene rings is 1. The van der Waals surface area contributed by atoms with Crippen LogP contribution in [0.2, 0.25) is 0 Å². The van der Waals surface area contributed by atoms with Crippen molar-refractivity contribution >= 4 is 27.8 Å². The number of carboxylic acids is 1. The summed E-state index contributed by atoms with van der Waals surface area (Å²) in [5.74, 6) is -1.24. The van der Waals surface area contributed by atoms with Gasteiger partial charge in [-0.15, -0.1) is 5.10 Å². The summed E-state index contributed by atoms with van der Waals surface area (Å²) in [5.41, 5.74) is 2.09. The average Bonchev–Trinajstić information content (AvgIpc) is 3.19. The molecular weight excluding hydrogens is 376 g/mol. The maximum atomic E-state index is 12.6. The molecule has 0 aliphatic carbocycles. The highest BCUT2D eigenvalue weighted by molar-refractivity contribution is 9.10. The first-order valence-electron chi connectivity index (χ1n) is 7.64. The zero-order valence-electron chi connectivity index (χ0n) is 13.1. The van der Waals surface area contributed by atoms with E-state index in [-0.39, 0.29) is 24.2 Å². The quantitative estimate of drug-likeness (QED) is 0.862. The number of aryl methyl sites for hydroxylation is 1. The Kier molecular flexibility index (Phi) is 4.66. The fourth-order valence-corrected chi connectivity index (χ4v) is 3.24. The number of amides is 1. The van der Waals surface area contributed by atoms with Gasteiger partial charge in [-0.25, -0.2) is 9.48 Å². The molecule has 1 aromatic carbocycles. The van der Waals surface area contributed by atoms with E-state index in [2.05, 4.69) is 32.3 Å². The van der Waals surface area contributed by atoms with Gasteiger partial charge in [0.15, 0.2) is 5.69 Å². The van der Waals surface area contributed by atoms with Crippen molar-refractivity contribution in [3.63, 3.8) is 0 Å². The SMILES string of the molecule is Cc1cc(C2CCCN2C(=O)Cn2cc(C(=O)O)nn2)ccc1Br. The van der Waals surface area contributed by atoms with E-state index in [9.17, 15) is 9.59 Å². The molecule has 0 bridgehead atoms. The zero-order valence-corrected chi connectivity index (χ0v) is 14.7. The van der Waals surface area contributed by atoms with Crippen LogP contribution in [-0.2, 0) is 11.3 Å². The first-order valence-corrected chi connectivity index (χ1v) is 8.44. The Morgan fingerprint density at radius 2 is 2.21 bits per heavy atom. The number of likely N-dealkylation sites (tertiary alicyclic amines) is 1. The second-order valence-electron chi connectivity index (χ2n) is 5.86. The maximum absolute atomic E-state index is 12.6. The number of hydrogen-bond acceptors (Lipinski definition) is 4. The van der Waals surface area contributed by atoms with Gasteiger partial charge in [0.2, 0.25) is 5.91 Å². The Morgan fingerprint density at radius 1 is 1.42 bits per heavy atom. The van der Waals surface area contributed by atoms with Crippen molar-refractivity contribution in [2.75, 3.05) is 6.54 Å². The van der Waals surface area contributed by atoms with Crippen molar-refractivity contribution in [2.45, 2.75) is 32.4 Å². The topological polar surface area (TPSA) is 88.3 Å². The summed E-state index contributed by atoms with van der Waals surface area (Å²) in [6, 6.07) is 6.18. The molecule has 1 atom stereocenters. The smallest absolute Gasteiger partial charge is 0.358 e. The maximum Gasteiger partial charge on any atom is 0.358 e.